The number of urea groups is 1. The highest BCUT2D eigenvalue weighted by atomic mass is 16.4. The number of aliphatic carboxylic acids is 1. The number of amides is 2. The monoisotopic (exact) mass is 280 g/mol. The van der Waals surface area contributed by atoms with Gasteiger partial charge < -0.3 is 20.3 Å². The lowest BCUT2D eigenvalue weighted by molar-refractivity contribution is -0.150. The zero-order valence-corrected chi connectivity index (χ0v) is 11.7. The normalized spacial score (nSPS) is 24.2. The minimum Gasteiger partial charge on any atom is -0.480 e. The summed E-state index contributed by atoms with van der Waals surface area (Å²) in [6.45, 7) is 3.87. The molecule has 2 unspecified atom stereocenters. The van der Waals surface area contributed by atoms with Crippen molar-refractivity contribution in [1.82, 2.24) is 20.2 Å². The number of aromatic amines is 1. The van der Waals surface area contributed by atoms with Gasteiger partial charge in [0, 0.05) is 18.9 Å². The fourth-order valence-corrected chi connectivity index (χ4v) is 2.51. The van der Waals surface area contributed by atoms with Crippen LogP contribution in [0.15, 0.2) is 12.4 Å². The standard InChI is InChI=1S/C13H20N4O3/c1-9(10-14-6-7-15-10)16-12(20)17-8-4-3-5-13(17,2)11(18)19/h6-7,9H,3-5,8H2,1-2H3,(H,14,15)(H,16,20)(H,18,19). The molecule has 2 amide bonds. The second-order valence-corrected chi connectivity index (χ2v) is 5.33. The number of hydrogen-bond donors (Lipinski definition) is 3. The number of nitrogens with zero attached hydrogens (tertiary/aromatic N) is 2. The van der Waals surface area contributed by atoms with Crippen molar-refractivity contribution in [2.45, 2.75) is 44.7 Å². The van der Waals surface area contributed by atoms with E-state index in [0.29, 0.717) is 18.8 Å². The fourth-order valence-electron chi connectivity index (χ4n) is 2.51. The minimum atomic E-state index is -1.13. The molecule has 7 heteroatoms. The van der Waals surface area contributed by atoms with Crippen molar-refractivity contribution < 1.29 is 14.7 Å². The molecule has 0 aliphatic carbocycles. The van der Waals surface area contributed by atoms with Crippen LogP contribution in [0.4, 0.5) is 4.79 Å². The average Bonchev–Trinajstić information content (AvgIpc) is 2.92. The molecule has 1 aromatic rings. The summed E-state index contributed by atoms with van der Waals surface area (Å²) in [5, 5.41) is 12.2. The van der Waals surface area contributed by atoms with E-state index in [-0.39, 0.29) is 12.1 Å². The molecule has 1 fully saturated rings. The third-order valence-corrected chi connectivity index (χ3v) is 3.87. The van der Waals surface area contributed by atoms with Gasteiger partial charge in [-0.3, -0.25) is 0 Å². The van der Waals surface area contributed by atoms with E-state index < -0.39 is 11.5 Å². The predicted octanol–water partition coefficient (Wildman–Crippen LogP) is 1.51. The minimum absolute atomic E-state index is 0.294. The first-order valence-corrected chi connectivity index (χ1v) is 6.76. The number of aromatic nitrogens is 2. The molecule has 2 atom stereocenters. The van der Waals surface area contributed by atoms with Crippen LogP contribution < -0.4 is 5.32 Å². The van der Waals surface area contributed by atoms with Crippen molar-refractivity contribution in [3.05, 3.63) is 18.2 Å². The number of carboxylic acids is 1. The number of hydrogen-bond acceptors (Lipinski definition) is 3. The summed E-state index contributed by atoms with van der Waals surface area (Å²) in [7, 11) is 0. The number of carbonyl (C=O) groups is 2. The number of rotatable bonds is 3. The Morgan fingerprint density at radius 3 is 2.90 bits per heavy atom. The summed E-state index contributed by atoms with van der Waals surface area (Å²) in [6, 6.07) is -0.657. The molecule has 3 N–H and O–H groups in total. The van der Waals surface area contributed by atoms with Crippen LogP contribution in [0, 0.1) is 0 Å². The lowest BCUT2D eigenvalue weighted by Crippen LogP contribution is -2.60. The van der Waals surface area contributed by atoms with Crippen LogP contribution in [0.2, 0.25) is 0 Å². The first-order valence-electron chi connectivity index (χ1n) is 6.76. The molecule has 1 aliphatic heterocycles. The molecule has 0 spiro atoms. The molecular formula is C13H20N4O3. The maximum Gasteiger partial charge on any atom is 0.329 e. The molecule has 0 bridgehead atoms. The zero-order chi connectivity index (χ0) is 14.8. The molecule has 0 radical (unpaired) electrons. The molecule has 1 saturated heterocycles. The van der Waals surface area contributed by atoms with Crippen LogP contribution in [-0.2, 0) is 4.79 Å². The fraction of sp³-hybridized carbons (Fsp3) is 0.615. The molecule has 2 rings (SSSR count). The molecule has 1 aromatic heterocycles. The second-order valence-electron chi connectivity index (χ2n) is 5.33. The lowest BCUT2D eigenvalue weighted by atomic mass is 9.89. The number of carbonyl (C=O) groups excluding carboxylic acids is 1. The first-order chi connectivity index (χ1) is 9.45. The van der Waals surface area contributed by atoms with Crippen molar-refractivity contribution in [2.75, 3.05) is 6.54 Å². The molecular weight excluding hydrogens is 260 g/mol. The third-order valence-electron chi connectivity index (χ3n) is 3.87. The number of imidazole rings is 1. The van der Waals surface area contributed by atoms with Gasteiger partial charge in [0.2, 0.25) is 0 Å². The number of H-pyrrole nitrogens is 1. The van der Waals surface area contributed by atoms with E-state index >= 15 is 0 Å². The molecule has 20 heavy (non-hydrogen) atoms. The Bertz CT molecular complexity index is 488. The van der Waals surface area contributed by atoms with Crippen LogP contribution in [0.25, 0.3) is 0 Å². The maximum atomic E-state index is 12.3. The Labute approximate surface area is 117 Å². The van der Waals surface area contributed by atoms with Crippen molar-refractivity contribution >= 4 is 12.0 Å². The van der Waals surface area contributed by atoms with Crippen LogP contribution in [0.5, 0.6) is 0 Å². The largest absolute Gasteiger partial charge is 0.480 e. The van der Waals surface area contributed by atoms with Gasteiger partial charge in [-0.25, -0.2) is 14.6 Å². The smallest absolute Gasteiger partial charge is 0.329 e. The summed E-state index contributed by atoms with van der Waals surface area (Å²) in [4.78, 5) is 32.2. The Hall–Kier alpha value is -2.05. The van der Waals surface area contributed by atoms with Crippen molar-refractivity contribution in [1.29, 1.82) is 0 Å². The summed E-state index contributed by atoms with van der Waals surface area (Å²) in [6.07, 6.45) is 5.41. The Morgan fingerprint density at radius 1 is 1.55 bits per heavy atom. The number of piperidine rings is 1. The Morgan fingerprint density at radius 2 is 2.30 bits per heavy atom. The number of likely N-dealkylation sites (tertiary alicyclic amines) is 1. The Kier molecular flexibility index (Phi) is 3.96. The predicted molar refractivity (Wildman–Crippen MR) is 72.1 cm³/mol. The quantitative estimate of drug-likeness (QED) is 0.781. The van der Waals surface area contributed by atoms with E-state index in [1.807, 2.05) is 0 Å². The summed E-state index contributed by atoms with van der Waals surface area (Å²) in [5.41, 5.74) is -1.13. The lowest BCUT2D eigenvalue weighted by Gasteiger charge is -2.41. The van der Waals surface area contributed by atoms with Gasteiger partial charge in [-0.2, -0.15) is 0 Å². The molecule has 0 aromatic carbocycles. The van der Waals surface area contributed by atoms with Gasteiger partial charge >= 0.3 is 12.0 Å². The van der Waals surface area contributed by atoms with Crippen LogP contribution in [0.1, 0.15) is 45.0 Å². The topological polar surface area (TPSA) is 98.3 Å². The van der Waals surface area contributed by atoms with E-state index in [2.05, 4.69) is 15.3 Å². The van der Waals surface area contributed by atoms with Crippen molar-refractivity contribution in [3.63, 3.8) is 0 Å². The van der Waals surface area contributed by atoms with Crippen LogP contribution in [0.3, 0.4) is 0 Å². The van der Waals surface area contributed by atoms with E-state index in [0.717, 1.165) is 12.8 Å². The SMILES string of the molecule is CC(NC(=O)N1CCCCC1(C)C(=O)O)c1ncc[nH]1. The van der Waals surface area contributed by atoms with Gasteiger partial charge in [0.25, 0.3) is 0 Å². The number of carboxylic acid groups (broad SMARTS) is 1. The summed E-state index contributed by atoms with van der Waals surface area (Å²) >= 11 is 0. The molecule has 1 aliphatic rings. The van der Waals surface area contributed by atoms with Gasteiger partial charge in [0.05, 0.1) is 6.04 Å². The third kappa shape index (κ3) is 2.61. The van der Waals surface area contributed by atoms with E-state index in [1.165, 1.54) is 4.90 Å². The molecule has 7 nitrogen and oxygen atoms in total. The second kappa shape index (κ2) is 5.52. The van der Waals surface area contributed by atoms with Crippen molar-refractivity contribution in [3.8, 4) is 0 Å². The van der Waals surface area contributed by atoms with Crippen molar-refractivity contribution in [2.24, 2.45) is 0 Å². The van der Waals surface area contributed by atoms with Gasteiger partial charge in [0.1, 0.15) is 11.4 Å². The highest BCUT2D eigenvalue weighted by molar-refractivity contribution is 5.86. The van der Waals surface area contributed by atoms with Crippen LogP contribution in [-0.4, -0.2) is 44.1 Å². The zero-order valence-electron chi connectivity index (χ0n) is 11.7. The number of nitrogens with one attached hydrogen (secondary N) is 2. The molecule has 2 heterocycles. The van der Waals surface area contributed by atoms with Gasteiger partial charge in [-0.1, -0.05) is 0 Å². The van der Waals surface area contributed by atoms with Gasteiger partial charge in [-0.05, 0) is 33.1 Å². The average molecular weight is 280 g/mol. The highest BCUT2D eigenvalue weighted by Gasteiger charge is 2.44. The molecule has 0 saturated carbocycles. The summed E-state index contributed by atoms with van der Waals surface area (Å²) < 4.78 is 0. The van der Waals surface area contributed by atoms with E-state index in [1.54, 1.807) is 26.2 Å². The van der Waals surface area contributed by atoms with Gasteiger partial charge in [0.15, 0.2) is 0 Å². The highest BCUT2D eigenvalue weighted by Crippen LogP contribution is 2.28. The first kappa shape index (κ1) is 14.4. The van der Waals surface area contributed by atoms with E-state index in [9.17, 15) is 14.7 Å². The molecule has 110 valence electrons. The Balaban J connectivity index is 2.09. The summed E-state index contributed by atoms with van der Waals surface area (Å²) in [5.74, 6) is -0.314. The van der Waals surface area contributed by atoms with Crippen LogP contribution >= 0.6 is 0 Å². The maximum absolute atomic E-state index is 12.3. The van der Waals surface area contributed by atoms with Gasteiger partial charge in [-0.15, -0.1) is 0 Å². The van der Waals surface area contributed by atoms with E-state index in [4.69, 9.17) is 0 Å².